The van der Waals surface area contributed by atoms with Gasteiger partial charge in [-0.3, -0.25) is 4.99 Å². The summed E-state index contributed by atoms with van der Waals surface area (Å²) in [7, 11) is 1.66. The number of ether oxygens (including phenoxy) is 1. The van der Waals surface area contributed by atoms with E-state index in [2.05, 4.69) is 24.0 Å². The smallest absolute Gasteiger partial charge is 0.119 e. The average molecular weight is 225 g/mol. The fourth-order valence-corrected chi connectivity index (χ4v) is 1.58. The van der Waals surface area contributed by atoms with Crippen molar-refractivity contribution in [2.45, 2.75) is 6.92 Å². The molecule has 0 N–H and O–H groups in total. The summed E-state index contributed by atoms with van der Waals surface area (Å²) in [5, 5.41) is 0. The minimum atomic E-state index is 0.846. The van der Waals surface area contributed by atoms with Crippen LogP contribution in [0.2, 0.25) is 0 Å². The van der Waals surface area contributed by atoms with Crippen molar-refractivity contribution >= 4 is 11.9 Å². The zero-order chi connectivity index (χ0) is 12.1. The van der Waals surface area contributed by atoms with Crippen LogP contribution in [0.1, 0.15) is 11.1 Å². The van der Waals surface area contributed by atoms with Crippen LogP contribution in [0.25, 0.3) is 0 Å². The maximum absolute atomic E-state index is 5.16. The molecule has 0 aliphatic heterocycles. The van der Waals surface area contributed by atoms with E-state index < -0.39 is 0 Å². The van der Waals surface area contributed by atoms with Crippen molar-refractivity contribution in [2.75, 3.05) is 7.11 Å². The van der Waals surface area contributed by atoms with Crippen molar-refractivity contribution in [1.82, 2.24) is 0 Å². The highest BCUT2D eigenvalue weighted by Crippen LogP contribution is 2.15. The van der Waals surface area contributed by atoms with Gasteiger partial charge in [0.25, 0.3) is 0 Å². The lowest BCUT2D eigenvalue weighted by molar-refractivity contribution is 0.415. The Hall–Kier alpha value is -2.09. The third kappa shape index (κ3) is 3.18. The molecule has 0 radical (unpaired) electrons. The second-order valence-corrected chi connectivity index (χ2v) is 3.87. The third-order valence-electron chi connectivity index (χ3n) is 2.46. The molecule has 0 saturated carbocycles. The number of nitrogens with zero attached hydrogens (tertiary/aromatic N) is 1. The minimum absolute atomic E-state index is 0.846. The van der Waals surface area contributed by atoms with Crippen molar-refractivity contribution in [1.29, 1.82) is 0 Å². The van der Waals surface area contributed by atoms with Gasteiger partial charge in [0.15, 0.2) is 0 Å². The van der Waals surface area contributed by atoms with Gasteiger partial charge in [0.1, 0.15) is 5.75 Å². The first-order valence-corrected chi connectivity index (χ1v) is 5.53. The highest BCUT2D eigenvalue weighted by atomic mass is 16.5. The van der Waals surface area contributed by atoms with Crippen LogP contribution < -0.4 is 4.74 Å². The molecule has 2 heteroatoms. The molecule has 0 aliphatic rings. The molecule has 2 rings (SSSR count). The lowest BCUT2D eigenvalue weighted by atomic mass is 10.2. The van der Waals surface area contributed by atoms with E-state index in [0.29, 0.717) is 0 Å². The number of aliphatic imine (C=N–C) groups is 1. The van der Waals surface area contributed by atoms with Gasteiger partial charge in [-0.1, -0.05) is 24.3 Å². The number of aryl methyl sites for hydroxylation is 1. The second-order valence-electron chi connectivity index (χ2n) is 3.87. The highest BCUT2D eigenvalue weighted by molar-refractivity contribution is 5.82. The molecule has 0 bridgehead atoms. The quantitative estimate of drug-likeness (QED) is 0.729. The maximum atomic E-state index is 5.16. The Morgan fingerprint density at radius 3 is 2.65 bits per heavy atom. The van der Waals surface area contributed by atoms with Gasteiger partial charge in [0, 0.05) is 6.21 Å². The standard InChI is InChI=1S/C15H15NO/c1-12-5-3-7-14(9-12)16-11-13-6-4-8-15(10-13)17-2/h3-11H,1-2H3. The summed E-state index contributed by atoms with van der Waals surface area (Å²) in [6, 6.07) is 15.9. The van der Waals surface area contributed by atoms with Crippen LogP contribution in [0.5, 0.6) is 5.75 Å². The Kier molecular flexibility index (Phi) is 3.55. The molecule has 0 aromatic heterocycles. The highest BCUT2D eigenvalue weighted by Gasteiger charge is 1.93. The van der Waals surface area contributed by atoms with E-state index in [1.807, 2.05) is 42.6 Å². The summed E-state index contributed by atoms with van der Waals surface area (Å²) < 4.78 is 5.16. The van der Waals surface area contributed by atoms with Crippen LogP contribution in [-0.4, -0.2) is 13.3 Å². The first-order chi connectivity index (χ1) is 8.28. The number of hydrogen-bond acceptors (Lipinski definition) is 2. The van der Waals surface area contributed by atoms with Crippen molar-refractivity contribution < 1.29 is 4.74 Å². The van der Waals surface area contributed by atoms with Crippen LogP contribution in [-0.2, 0) is 0 Å². The first kappa shape index (κ1) is 11.4. The Labute approximate surface area is 102 Å². The van der Waals surface area contributed by atoms with E-state index in [-0.39, 0.29) is 0 Å². The van der Waals surface area contributed by atoms with Gasteiger partial charge < -0.3 is 4.74 Å². The van der Waals surface area contributed by atoms with E-state index in [1.165, 1.54) is 5.56 Å². The first-order valence-electron chi connectivity index (χ1n) is 5.53. The van der Waals surface area contributed by atoms with Gasteiger partial charge in [-0.25, -0.2) is 0 Å². The van der Waals surface area contributed by atoms with Gasteiger partial charge in [-0.15, -0.1) is 0 Å². The van der Waals surface area contributed by atoms with E-state index in [9.17, 15) is 0 Å². The molecular formula is C15H15NO. The summed E-state index contributed by atoms with van der Waals surface area (Å²) in [6.07, 6.45) is 1.84. The zero-order valence-electron chi connectivity index (χ0n) is 10.1. The number of rotatable bonds is 3. The average Bonchev–Trinajstić information content (AvgIpc) is 2.37. The normalized spacial score (nSPS) is 10.7. The summed E-state index contributed by atoms with van der Waals surface area (Å²) in [6.45, 7) is 2.06. The molecular weight excluding hydrogens is 210 g/mol. The molecule has 2 aromatic carbocycles. The van der Waals surface area contributed by atoms with E-state index >= 15 is 0 Å². The SMILES string of the molecule is COc1cccc(C=Nc2cccc(C)c2)c1. The van der Waals surface area contributed by atoms with Crippen molar-refractivity contribution in [3.05, 3.63) is 59.7 Å². The summed E-state index contributed by atoms with van der Waals surface area (Å²) in [5.74, 6) is 0.846. The Morgan fingerprint density at radius 2 is 1.88 bits per heavy atom. The fourth-order valence-electron chi connectivity index (χ4n) is 1.58. The van der Waals surface area contributed by atoms with Crippen LogP contribution in [0.3, 0.4) is 0 Å². The summed E-state index contributed by atoms with van der Waals surface area (Å²) in [4.78, 5) is 4.43. The van der Waals surface area contributed by atoms with Gasteiger partial charge in [-0.2, -0.15) is 0 Å². The van der Waals surface area contributed by atoms with E-state index in [1.54, 1.807) is 7.11 Å². The van der Waals surface area contributed by atoms with Crippen molar-refractivity contribution in [2.24, 2.45) is 4.99 Å². The molecule has 0 heterocycles. The number of benzene rings is 2. The topological polar surface area (TPSA) is 21.6 Å². The predicted octanol–water partition coefficient (Wildman–Crippen LogP) is 3.75. The molecule has 2 nitrogen and oxygen atoms in total. The van der Waals surface area contributed by atoms with Gasteiger partial charge in [0.2, 0.25) is 0 Å². The minimum Gasteiger partial charge on any atom is -0.497 e. The molecule has 0 spiro atoms. The summed E-state index contributed by atoms with van der Waals surface area (Å²) in [5.41, 5.74) is 3.21. The lowest BCUT2D eigenvalue weighted by Gasteiger charge is -2.00. The number of methoxy groups -OCH3 is 1. The molecule has 0 unspecified atom stereocenters. The van der Waals surface area contributed by atoms with Gasteiger partial charge in [0.05, 0.1) is 12.8 Å². The predicted molar refractivity (Wildman–Crippen MR) is 71.4 cm³/mol. The third-order valence-corrected chi connectivity index (χ3v) is 2.46. The molecule has 0 atom stereocenters. The molecule has 0 aliphatic carbocycles. The molecule has 86 valence electrons. The molecule has 0 fully saturated rings. The Morgan fingerprint density at radius 1 is 1.06 bits per heavy atom. The van der Waals surface area contributed by atoms with Crippen molar-refractivity contribution in [3.63, 3.8) is 0 Å². The summed E-state index contributed by atoms with van der Waals surface area (Å²) >= 11 is 0. The molecule has 0 saturated heterocycles. The monoisotopic (exact) mass is 225 g/mol. The fraction of sp³-hybridized carbons (Fsp3) is 0.133. The number of hydrogen-bond donors (Lipinski definition) is 0. The maximum Gasteiger partial charge on any atom is 0.119 e. The van der Waals surface area contributed by atoms with Gasteiger partial charge in [-0.05, 0) is 42.3 Å². The largest absolute Gasteiger partial charge is 0.497 e. The zero-order valence-corrected chi connectivity index (χ0v) is 10.1. The van der Waals surface area contributed by atoms with Crippen LogP contribution in [0, 0.1) is 6.92 Å². The van der Waals surface area contributed by atoms with Crippen LogP contribution >= 0.6 is 0 Å². The Balaban J connectivity index is 2.19. The Bertz CT molecular complexity index is 532. The van der Waals surface area contributed by atoms with Crippen LogP contribution in [0.4, 0.5) is 5.69 Å². The van der Waals surface area contributed by atoms with Crippen LogP contribution in [0.15, 0.2) is 53.5 Å². The van der Waals surface area contributed by atoms with Crippen molar-refractivity contribution in [3.8, 4) is 5.75 Å². The molecule has 0 amide bonds. The second kappa shape index (κ2) is 5.30. The lowest BCUT2D eigenvalue weighted by Crippen LogP contribution is -1.85. The molecule has 2 aromatic rings. The van der Waals surface area contributed by atoms with E-state index in [0.717, 1.165) is 17.0 Å². The van der Waals surface area contributed by atoms with E-state index in [4.69, 9.17) is 4.74 Å². The molecule has 17 heavy (non-hydrogen) atoms. The van der Waals surface area contributed by atoms with Gasteiger partial charge >= 0.3 is 0 Å².